The third-order valence-corrected chi connectivity index (χ3v) is 1.95. The first-order chi connectivity index (χ1) is 3.45. The van der Waals surface area contributed by atoms with E-state index in [0.717, 1.165) is 11.8 Å². The van der Waals surface area contributed by atoms with Crippen LogP contribution in [0.15, 0.2) is 12.2 Å². The van der Waals surface area contributed by atoms with Crippen molar-refractivity contribution in [3.63, 3.8) is 0 Å². The van der Waals surface area contributed by atoms with E-state index in [4.69, 9.17) is 0 Å². The molecule has 0 radical (unpaired) electrons. The van der Waals surface area contributed by atoms with Crippen molar-refractivity contribution in [2.45, 2.75) is 12.8 Å². The van der Waals surface area contributed by atoms with Crippen LogP contribution >= 0.6 is 0 Å². The molecule has 1 fully saturated rings. The van der Waals surface area contributed by atoms with E-state index in [2.05, 4.69) is 18.6 Å². The average Bonchev–Trinajstić information content (AvgIpc) is 2.22. The predicted molar refractivity (Wildman–Crippen MR) is 35.4 cm³/mol. The topological polar surface area (TPSA) is 0 Å². The van der Waals surface area contributed by atoms with Crippen LogP contribution < -0.4 is 12.4 Å². The second-order valence-corrected chi connectivity index (χ2v) is 2.52. The molecule has 2 rings (SSSR count). The van der Waals surface area contributed by atoms with Crippen LogP contribution in [0.25, 0.3) is 0 Å². The zero-order chi connectivity index (χ0) is 4.69. The van der Waals surface area contributed by atoms with E-state index in [9.17, 15) is 0 Å². The van der Waals surface area contributed by atoms with Crippen molar-refractivity contribution in [2.75, 3.05) is 0 Å². The van der Waals surface area contributed by atoms with Crippen LogP contribution in [0, 0.1) is 18.3 Å². The molecule has 46 valence electrons. The Morgan fingerprint density at radius 1 is 1.33 bits per heavy atom. The monoisotopic (exact) mass is 152 g/mol. The molecule has 0 heterocycles. The second-order valence-electron chi connectivity index (χ2n) is 2.52. The van der Waals surface area contributed by atoms with Crippen molar-refractivity contribution in [2.24, 2.45) is 11.8 Å². The molecule has 2 bridgehead atoms. The maximum atomic E-state index is 2.42. The van der Waals surface area contributed by atoms with Crippen LogP contribution in [0.1, 0.15) is 12.8 Å². The van der Waals surface area contributed by atoms with E-state index < -0.39 is 0 Å². The van der Waals surface area contributed by atoms with Gasteiger partial charge in [-0.25, -0.2) is 0 Å². The fraction of sp³-hybridized carbons (Fsp3) is 0.571. The number of hydrogen-bond donors (Lipinski definition) is 0. The minimum Gasteiger partial charge on any atom is -1.00 e. The van der Waals surface area contributed by atoms with Gasteiger partial charge in [-0.15, -0.1) is 12.0 Å². The van der Waals surface area contributed by atoms with Crippen molar-refractivity contribution >= 4 is 23.1 Å². The second kappa shape index (κ2) is 3.84. The van der Waals surface area contributed by atoms with Gasteiger partial charge in [-0.1, -0.05) is 18.4 Å². The van der Waals surface area contributed by atoms with Gasteiger partial charge in [-0.05, 0) is 0 Å². The molecule has 0 N–H and O–H groups in total. The predicted octanol–water partition coefficient (Wildman–Crippen LogP) is -1.59. The summed E-state index contributed by atoms with van der Waals surface area (Å²) in [6.07, 6.45) is 9.87. The molecule has 1 saturated carbocycles. The van der Waals surface area contributed by atoms with E-state index in [1.807, 2.05) is 0 Å². The maximum absolute atomic E-state index is 2.42. The Hall–Kier alpha value is 0.796. The Kier molecular flexibility index (Phi) is 4.18. The normalized spacial score (nSPS) is 35.6. The minimum atomic E-state index is 0. The number of hydrogen-bond acceptors (Lipinski definition) is 0. The smallest absolute Gasteiger partial charge is 1.00 e. The van der Waals surface area contributed by atoms with Crippen LogP contribution in [-0.4, -0.2) is 23.1 Å². The van der Waals surface area contributed by atoms with Gasteiger partial charge in [-0.3, -0.25) is 0 Å². The SMILES string of the molecule is C1=CC2C[CH-]C1C2.[Cl-].[Mg+2]. The maximum Gasteiger partial charge on any atom is 2.00 e. The number of fused-ring (bicyclic) bond motifs is 2. The summed E-state index contributed by atoms with van der Waals surface area (Å²) >= 11 is 0. The van der Waals surface area contributed by atoms with Crippen molar-refractivity contribution < 1.29 is 12.4 Å². The van der Waals surface area contributed by atoms with Gasteiger partial charge >= 0.3 is 23.1 Å². The van der Waals surface area contributed by atoms with E-state index in [1.54, 1.807) is 0 Å². The first-order valence-electron chi connectivity index (χ1n) is 2.97. The van der Waals surface area contributed by atoms with Crippen LogP contribution in [0.3, 0.4) is 0 Å². The van der Waals surface area contributed by atoms with Gasteiger partial charge in [0.25, 0.3) is 0 Å². The molecule has 0 aromatic rings. The standard InChI is InChI=1S/C7H9.ClH.Mg/c1-2-7-4-3-6(1)5-7;;/h1-3,6-7H,4-5H2;1H;/q-1;;+2/p-1. The molecule has 0 nitrogen and oxygen atoms in total. The zero-order valence-electron chi connectivity index (χ0n) is 5.39. The van der Waals surface area contributed by atoms with E-state index >= 15 is 0 Å². The quantitative estimate of drug-likeness (QED) is 0.223. The molecular formula is C7H9ClMg. The third-order valence-electron chi connectivity index (χ3n) is 1.95. The van der Waals surface area contributed by atoms with E-state index in [-0.39, 0.29) is 35.5 Å². The summed E-state index contributed by atoms with van der Waals surface area (Å²) in [6.45, 7) is 0. The molecule has 0 aliphatic heterocycles. The van der Waals surface area contributed by atoms with Crippen LogP contribution in [0.2, 0.25) is 0 Å². The first-order valence-corrected chi connectivity index (χ1v) is 2.97. The fourth-order valence-corrected chi connectivity index (χ4v) is 1.51. The average molecular weight is 153 g/mol. The Morgan fingerprint density at radius 2 is 2.11 bits per heavy atom. The molecule has 2 atom stereocenters. The molecule has 9 heavy (non-hydrogen) atoms. The van der Waals surface area contributed by atoms with Crippen molar-refractivity contribution in [1.29, 1.82) is 0 Å². The molecule has 2 unspecified atom stereocenters. The summed E-state index contributed by atoms with van der Waals surface area (Å²) in [7, 11) is 0. The summed E-state index contributed by atoms with van der Waals surface area (Å²) in [5.41, 5.74) is 0. The van der Waals surface area contributed by atoms with Crippen LogP contribution in [0.4, 0.5) is 0 Å². The van der Waals surface area contributed by atoms with Gasteiger partial charge in [0.15, 0.2) is 0 Å². The van der Waals surface area contributed by atoms with E-state index in [1.165, 1.54) is 12.8 Å². The van der Waals surface area contributed by atoms with Crippen molar-refractivity contribution in [3.05, 3.63) is 18.6 Å². The summed E-state index contributed by atoms with van der Waals surface area (Å²) in [6, 6.07) is 0. The number of allylic oxidation sites excluding steroid dienone is 2. The minimum absolute atomic E-state index is 0. The third kappa shape index (κ3) is 1.86. The Labute approximate surface area is 78.7 Å². The van der Waals surface area contributed by atoms with E-state index in [0.29, 0.717) is 0 Å². The molecule has 0 aromatic carbocycles. The molecular weight excluding hydrogens is 144 g/mol. The Balaban J connectivity index is 0.000000320. The molecule has 0 amide bonds. The first kappa shape index (κ1) is 9.80. The summed E-state index contributed by atoms with van der Waals surface area (Å²) < 4.78 is 0. The van der Waals surface area contributed by atoms with Gasteiger partial charge in [0, 0.05) is 0 Å². The van der Waals surface area contributed by atoms with Crippen LogP contribution in [0.5, 0.6) is 0 Å². The van der Waals surface area contributed by atoms with Gasteiger partial charge in [0.2, 0.25) is 0 Å². The summed E-state index contributed by atoms with van der Waals surface area (Å²) in [4.78, 5) is 0. The van der Waals surface area contributed by atoms with Crippen LogP contribution in [-0.2, 0) is 0 Å². The summed E-state index contributed by atoms with van der Waals surface area (Å²) in [5, 5.41) is 0. The van der Waals surface area contributed by atoms with Gasteiger partial charge < -0.3 is 18.8 Å². The molecule has 2 heteroatoms. The van der Waals surface area contributed by atoms with Crippen molar-refractivity contribution in [1.82, 2.24) is 0 Å². The zero-order valence-corrected chi connectivity index (χ0v) is 7.56. The fourth-order valence-electron chi connectivity index (χ4n) is 1.51. The summed E-state index contributed by atoms with van der Waals surface area (Å²) in [5.74, 6) is 1.80. The Morgan fingerprint density at radius 3 is 2.22 bits per heavy atom. The number of rotatable bonds is 0. The molecule has 2 aliphatic carbocycles. The number of halogens is 1. The molecule has 0 aromatic heterocycles. The Bertz CT molecular complexity index is 99.5. The molecule has 0 saturated heterocycles. The van der Waals surface area contributed by atoms with Gasteiger partial charge in [0.05, 0.1) is 0 Å². The van der Waals surface area contributed by atoms with Gasteiger partial charge in [0.1, 0.15) is 0 Å². The van der Waals surface area contributed by atoms with Gasteiger partial charge in [-0.2, -0.15) is 6.42 Å². The molecule has 2 aliphatic rings. The van der Waals surface area contributed by atoms with Crippen molar-refractivity contribution in [3.8, 4) is 0 Å². The molecule has 0 spiro atoms. The largest absolute Gasteiger partial charge is 2.00 e.